The van der Waals surface area contributed by atoms with Crippen molar-refractivity contribution < 1.29 is 28.6 Å². The van der Waals surface area contributed by atoms with E-state index in [4.69, 9.17) is 13.5 Å². The third-order valence-corrected chi connectivity index (χ3v) is 8.38. The maximum absolute atomic E-state index is 7.81. The molecule has 0 aliphatic carbocycles. The van der Waals surface area contributed by atoms with E-state index in [2.05, 4.69) is 70.4 Å². The average Bonchev–Trinajstić information content (AvgIpc) is 3.80. The summed E-state index contributed by atoms with van der Waals surface area (Å²) in [5.41, 5.74) is 10.4. The second kappa shape index (κ2) is 14.7. The van der Waals surface area contributed by atoms with Crippen LogP contribution in [0.4, 0.5) is 0 Å². The van der Waals surface area contributed by atoms with Gasteiger partial charge in [-0.15, -0.1) is 42.0 Å². The number of benzene rings is 6. The molecule has 0 saturated carbocycles. The molecule has 6 aromatic carbocycles. The zero-order valence-corrected chi connectivity index (χ0v) is 29.1. The molecule has 9 aromatic rings. The van der Waals surface area contributed by atoms with Gasteiger partial charge in [0.25, 0.3) is 0 Å². The van der Waals surface area contributed by atoms with E-state index in [1.807, 2.05) is 97.1 Å². The fraction of sp³-hybridized carbons (Fsp3) is 0.0222. The van der Waals surface area contributed by atoms with Gasteiger partial charge < -0.3 is 14.0 Å². The molecule has 4 nitrogen and oxygen atoms in total. The fourth-order valence-electron chi connectivity index (χ4n) is 6.12. The summed E-state index contributed by atoms with van der Waals surface area (Å²) in [6.45, 7) is -2.23. The number of fused-ring (bicyclic) bond motifs is 2. The number of aryl methyl sites for hydroxylation is 1. The Morgan fingerprint density at radius 1 is 0.680 bits per heavy atom. The average molecular weight is 825 g/mol. The maximum Gasteiger partial charge on any atom is 0.0774 e. The molecule has 0 aliphatic rings. The van der Waals surface area contributed by atoms with Gasteiger partial charge in [0.1, 0.15) is 0 Å². The third-order valence-electron chi connectivity index (χ3n) is 8.38. The molecule has 0 bridgehead atoms. The maximum atomic E-state index is 7.81. The van der Waals surface area contributed by atoms with Crippen molar-refractivity contribution in [1.29, 1.82) is 0 Å². The Morgan fingerprint density at radius 3 is 2.06 bits per heavy atom. The number of rotatable bonds is 5. The Hall–Kier alpha value is -5.87. The van der Waals surface area contributed by atoms with Gasteiger partial charge in [0.15, 0.2) is 0 Å². The van der Waals surface area contributed by atoms with E-state index < -0.39 is 6.85 Å². The van der Waals surface area contributed by atoms with Crippen LogP contribution in [0.5, 0.6) is 0 Å². The molecular weight excluding hydrogens is 791 g/mol. The molecule has 0 saturated heterocycles. The summed E-state index contributed by atoms with van der Waals surface area (Å²) in [6.07, 6.45) is 4.84. The topological polar surface area (TPSA) is 43.9 Å². The summed E-state index contributed by atoms with van der Waals surface area (Å²) >= 11 is 0. The number of nitrogens with zero attached hydrogens (tertiary/aromatic N) is 3. The summed E-state index contributed by atoms with van der Waals surface area (Å²) in [6, 6.07) is 56.9. The standard InChI is InChI=1S/C34H23N2O.C11H8N.Ir/c1-23-19-20-28-29(22-37-32(28)21-23)34-35-30-17-8-9-18-31(30)36(34)33-26(24-11-4-2-5-12-24)15-10-16-27(33)25-13-6-3-7-14-25;1-2-6-10(7-3-1)11-8-4-5-9-12-11;/h2-21H,1H3;1-6,8-9H;/q2*-1;/i1D3;;. The fourth-order valence-corrected chi connectivity index (χ4v) is 6.12. The molecule has 50 heavy (non-hydrogen) atoms. The van der Waals surface area contributed by atoms with Gasteiger partial charge in [0, 0.05) is 53.4 Å². The number of hydrogen-bond acceptors (Lipinski definition) is 3. The molecule has 0 unspecified atom stereocenters. The Labute approximate surface area is 309 Å². The molecule has 0 fully saturated rings. The first kappa shape index (κ1) is 29.1. The van der Waals surface area contributed by atoms with Crippen molar-refractivity contribution in [2.75, 3.05) is 0 Å². The van der Waals surface area contributed by atoms with Gasteiger partial charge in [-0.1, -0.05) is 132 Å². The van der Waals surface area contributed by atoms with E-state index in [1.165, 1.54) is 0 Å². The minimum absolute atomic E-state index is 0. The number of imidazole rings is 1. The van der Waals surface area contributed by atoms with Crippen LogP contribution in [0, 0.1) is 19.2 Å². The SMILES string of the molecule is [2H]C([2H])([2H])c1ccc2c(-c3nc4ccccc4n3-c3c(-c4ccccc4)cccc3-c3ccccc3)[c-]oc2c1.[Ir].[c-]1ccccc1-c1ccccn1. The predicted molar refractivity (Wildman–Crippen MR) is 199 cm³/mol. The van der Waals surface area contributed by atoms with E-state index >= 15 is 0 Å². The third kappa shape index (κ3) is 6.45. The van der Waals surface area contributed by atoms with Crippen LogP contribution in [0.1, 0.15) is 9.68 Å². The summed E-state index contributed by atoms with van der Waals surface area (Å²) in [4.78, 5) is 9.30. The number of hydrogen-bond donors (Lipinski definition) is 0. The van der Waals surface area contributed by atoms with Gasteiger partial charge in [-0.2, -0.15) is 0 Å². The van der Waals surface area contributed by atoms with E-state index in [9.17, 15) is 0 Å². The van der Waals surface area contributed by atoms with E-state index in [0.29, 0.717) is 17.0 Å². The van der Waals surface area contributed by atoms with Crippen molar-refractivity contribution in [3.05, 3.63) is 188 Å². The van der Waals surface area contributed by atoms with Gasteiger partial charge >= 0.3 is 0 Å². The second-order valence-corrected chi connectivity index (χ2v) is 11.5. The van der Waals surface area contributed by atoms with Crippen molar-refractivity contribution in [2.24, 2.45) is 0 Å². The van der Waals surface area contributed by atoms with Crippen LogP contribution in [0.2, 0.25) is 0 Å². The molecule has 0 amide bonds. The van der Waals surface area contributed by atoms with Crippen LogP contribution in [-0.2, 0) is 20.1 Å². The van der Waals surface area contributed by atoms with Gasteiger partial charge in [-0.3, -0.25) is 4.98 Å². The van der Waals surface area contributed by atoms with Gasteiger partial charge in [0.05, 0.1) is 22.5 Å². The van der Waals surface area contributed by atoms with Crippen molar-refractivity contribution in [2.45, 2.75) is 6.85 Å². The number of aromatic nitrogens is 3. The summed E-state index contributed by atoms with van der Waals surface area (Å²) in [5.74, 6) is 0.669. The monoisotopic (exact) mass is 825 g/mol. The van der Waals surface area contributed by atoms with Gasteiger partial charge in [0.2, 0.25) is 0 Å². The molecule has 3 heterocycles. The van der Waals surface area contributed by atoms with Crippen molar-refractivity contribution in [1.82, 2.24) is 14.5 Å². The largest absolute Gasteiger partial charge is 0.557 e. The smallest absolute Gasteiger partial charge is 0.0774 e. The van der Waals surface area contributed by atoms with Crippen LogP contribution in [0.3, 0.4) is 0 Å². The first-order valence-corrected chi connectivity index (χ1v) is 16.0. The van der Waals surface area contributed by atoms with Crippen molar-refractivity contribution in [3.63, 3.8) is 0 Å². The van der Waals surface area contributed by atoms with E-state index in [1.54, 1.807) is 24.4 Å². The molecule has 0 N–H and O–H groups in total. The molecule has 243 valence electrons. The first-order chi connectivity index (χ1) is 25.5. The number of furan rings is 1. The Bertz CT molecular complexity index is 2510. The summed E-state index contributed by atoms with van der Waals surface area (Å²) < 4.78 is 31.4. The molecule has 3 aromatic heterocycles. The molecule has 0 aliphatic heterocycles. The van der Waals surface area contributed by atoms with E-state index in [0.717, 1.165) is 55.6 Å². The Kier molecular flexibility index (Phi) is 8.56. The summed E-state index contributed by atoms with van der Waals surface area (Å²) in [5, 5.41) is 0.753. The molecular formula is C45H31IrN3O-2. The zero-order valence-electron chi connectivity index (χ0n) is 29.7. The molecule has 1 radical (unpaired) electrons. The van der Waals surface area contributed by atoms with E-state index in [-0.39, 0.29) is 25.7 Å². The molecule has 9 rings (SSSR count). The van der Waals surface area contributed by atoms with Gasteiger partial charge in [-0.25, -0.2) is 0 Å². The minimum atomic E-state index is -2.23. The molecule has 0 atom stereocenters. The van der Waals surface area contributed by atoms with Crippen molar-refractivity contribution >= 4 is 22.0 Å². The van der Waals surface area contributed by atoms with Crippen LogP contribution in [-0.4, -0.2) is 14.5 Å². The Balaban J connectivity index is 0.000000284. The van der Waals surface area contributed by atoms with Crippen LogP contribution < -0.4 is 0 Å². The first-order valence-electron chi connectivity index (χ1n) is 17.5. The van der Waals surface area contributed by atoms with Gasteiger partial charge in [-0.05, 0) is 41.9 Å². The zero-order chi connectivity index (χ0) is 35.5. The summed E-state index contributed by atoms with van der Waals surface area (Å²) in [7, 11) is 0. The molecule has 5 heteroatoms. The van der Waals surface area contributed by atoms with Crippen molar-refractivity contribution in [3.8, 4) is 50.6 Å². The quantitative estimate of drug-likeness (QED) is 0.162. The van der Waals surface area contributed by atoms with Crippen LogP contribution >= 0.6 is 0 Å². The molecule has 0 spiro atoms. The predicted octanol–water partition coefficient (Wildman–Crippen LogP) is 11.4. The van der Waals surface area contributed by atoms with Crippen LogP contribution in [0.25, 0.3) is 72.6 Å². The number of pyridine rings is 1. The Morgan fingerprint density at radius 2 is 1.38 bits per heavy atom. The van der Waals surface area contributed by atoms with Crippen LogP contribution in [0.15, 0.2) is 174 Å². The second-order valence-electron chi connectivity index (χ2n) is 11.5. The minimum Gasteiger partial charge on any atom is -0.557 e. The normalized spacial score (nSPS) is 11.9. The number of para-hydroxylation sites is 3.